The first-order valence-electron chi connectivity index (χ1n) is 6.28. The molecule has 1 aromatic rings. The van der Waals surface area contributed by atoms with E-state index in [0.29, 0.717) is 6.04 Å². The van der Waals surface area contributed by atoms with Crippen LogP contribution in [0.1, 0.15) is 31.9 Å². The molecule has 108 valence electrons. The van der Waals surface area contributed by atoms with Crippen molar-refractivity contribution in [1.29, 1.82) is 0 Å². The third-order valence-electron chi connectivity index (χ3n) is 2.70. The van der Waals surface area contributed by atoms with Gasteiger partial charge in [-0.2, -0.15) is 13.2 Å². The van der Waals surface area contributed by atoms with Crippen molar-refractivity contribution in [1.82, 2.24) is 5.32 Å². The lowest BCUT2D eigenvalue weighted by molar-refractivity contribution is -0.217. The summed E-state index contributed by atoms with van der Waals surface area (Å²) in [5.74, 6) is 0. The summed E-state index contributed by atoms with van der Waals surface area (Å²) in [4.78, 5) is 0. The molecule has 0 spiro atoms. The molecule has 0 aromatic heterocycles. The molecule has 1 aromatic carbocycles. The Balaban J connectivity index is 2.44. The molecule has 0 aliphatic carbocycles. The van der Waals surface area contributed by atoms with E-state index in [4.69, 9.17) is 4.74 Å². The van der Waals surface area contributed by atoms with Crippen LogP contribution >= 0.6 is 0 Å². The van der Waals surface area contributed by atoms with Crippen molar-refractivity contribution in [2.75, 3.05) is 0 Å². The summed E-state index contributed by atoms with van der Waals surface area (Å²) in [5.41, 5.74) is 1.84. The van der Waals surface area contributed by atoms with Crippen molar-refractivity contribution in [2.24, 2.45) is 0 Å². The van der Waals surface area contributed by atoms with Crippen LogP contribution in [-0.4, -0.2) is 18.3 Å². The third-order valence-corrected chi connectivity index (χ3v) is 2.70. The maximum Gasteiger partial charge on any atom is 0.414 e. The van der Waals surface area contributed by atoms with Crippen molar-refractivity contribution in [3.05, 3.63) is 35.4 Å². The highest BCUT2D eigenvalue weighted by molar-refractivity contribution is 5.22. The van der Waals surface area contributed by atoms with E-state index in [2.05, 4.69) is 19.2 Å². The smallest absolute Gasteiger partial charge is 0.364 e. The maximum atomic E-state index is 12.3. The number of halogens is 3. The molecule has 0 saturated heterocycles. The zero-order chi connectivity index (χ0) is 14.5. The topological polar surface area (TPSA) is 21.3 Å². The predicted molar refractivity (Wildman–Crippen MR) is 68.7 cm³/mol. The molecule has 0 aliphatic heterocycles. The van der Waals surface area contributed by atoms with Crippen molar-refractivity contribution < 1.29 is 17.9 Å². The highest BCUT2D eigenvalue weighted by Gasteiger charge is 2.36. The molecule has 19 heavy (non-hydrogen) atoms. The lowest BCUT2D eigenvalue weighted by atomic mass is 10.1. The highest BCUT2D eigenvalue weighted by atomic mass is 19.4. The van der Waals surface area contributed by atoms with E-state index in [0.717, 1.165) is 24.6 Å². The Kier molecular flexibility index (Phi) is 5.82. The van der Waals surface area contributed by atoms with Crippen LogP contribution in [0.2, 0.25) is 0 Å². The first-order chi connectivity index (χ1) is 8.79. The zero-order valence-corrected chi connectivity index (χ0v) is 11.4. The molecule has 0 saturated carbocycles. The van der Waals surface area contributed by atoms with Gasteiger partial charge in [-0.15, -0.1) is 0 Å². The quantitative estimate of drug-likeness (QED) is 0.855. The van der Waals surface area contributed by atoms with Gasteiger partial charge in [0.15, 0.2) is 6.10 Å². The molecule has 0 radical (unpaired) electrons. The van der Waals surface area contributed by atoms with Crippen LogP contribution in [-0.2, 0) is 17.9 Å². The van der Waals surface area contributed by atoms with E-state index in [-0.39, 0.29) is 6.61 Å². The van der Waals surface area contributed by atoms with Gasteiger partial charge in [0.2, 0.25) is 0 Å². The number of nitrogens with one attached hydrogen (secondary N) is 1. The number of alkyl halides is 3. The van der Waals surface area contributed by atoms with Crippen LogP contribution in [0.5, 0.6) is 0 Å². The minimum absolute atomic E-state index is 0.0292. The van der Waals surface area contributed by atoms with Crippen LogP contribution in [0.25, 0.3) is 0 Å². The van der Waals surface area contributed by atoms with Gasteiger partial charge in [-0.05, 0) is 18.1 Å². The van der Waals surface area contributed by atoms with Gasteiger partial charge < -0.3 is 10.1 Å². The summed E-state index contributed by atoms with van der Waals surface area (Å²) in [6.07, 6.45) is -6.05. The standard InChI is InChI=1S/C14H20F3NO/c1-10(2)18-8-12-4-6-13(7-5-12)9-19-11(3)14(15,16)17/h4-7,10-11,18H,8-9H2,1-3H3. The molecule has 1 atom stereocenters. The van der Waals surface area contributed by atoms with Crippen molar-refractivity contribution in [3.63, 3.8) is 0 Å². The largest absolute Gasteiger partial charge is 0.414 e. The molecule has 0 amide bonds. The minimum atomic E-state index is -4.30. The Morgan fingerprint density at radius 2 is 1.58 bits per heavy atom. The number of ether oxygens (including phenoxy) is 1. The molecule has 0 fully saturated rings. The molecule has 2 nitrogen and oxygen atoms in total. The third kappa shape index (κ3) is 6.07. The molecule has 0 heterocycles. The lowest BCUT2D eigenvalue weighted by Gasteiger charge is -2.16. The van der Waals surface area contributed by atoms with E-state index in [1.165, 1.54) is 0 Å². The molecular weight excluding hydrogens is 255 g/mol. The molecule has 0 aliphatic rings. The van der Waals surface area contributed by atoms with Crippen LogP contribution in [0.15, 0.2) is 24.3 Å². The fourth-order valence-corrected chi connectivity index (χ4v) is 1.39. The van der Waals surface area contributed by atoms with E-state index in [1.807, 2.05) is 12.1 Å². The van der Waals surface area contributed by atoms with Crippen molar-refractivity contribution in [2.45, 2.75) is 52.2 Å². The van der Waals surface area contributed by atoms with Crippen LogP contribution in [0.3, 0.4) is 0 Å². The van der Waals surface area contributed by atoms with E-state index in [9.17, 15) is 13.2 Å². The predicted octanol–water partition coefficient (Wildman–Crippen LogP) is 3.65. The Morgan fingerprint density at radius 1 is 1.05 bits per heavy atom. The van der Waals surface area contributed by atoms with Crippen LogP contribution in [0.4, 0.5) is 13.2 Å². The molecular formula is C14H20F3NO. The molecule has 0 bridgehead atoms. The maximum absolute atomic E-state index is 12.3. The number of hydrogen-bond acceptors (Lipinski definition) is 2. The van der Waals surface area contributed by atoms with Gasteiger partial charge in [0.05, 0.1) is 6.61 Å². The fourth-order valence-electron chi connectivity index (χ4n) is 1.39. The number of rotatable bonds is 6. The van der Waals surface area contributed by atoms with Crippen LogP contribution in [0, 0.1) is 0 Å². The lowest BCUT2D eigenvalue weighted by Crippen LogP contribution is -2.28. The minimum Gasteiger partial charge on any atom is -0.364 e. The summed E-state index contributed by atoms with van der Waals surface area (Å²) in [6.45, 7) is 5.85. The summed E-state index contributed by atoms with van der Waals surface area (Å²) >= 11 is 0. The first kappa shape index (κ1) is 16.0. The molecule has 1 rings (SSSR count). The van der Waals surface area contributed by atoms with Crippen LogP contribution < -0.4 is 5.32 Å². The summed E-state index contributed by atoms with van der Waals surface area (Å²) < 4.78 is 41.6. The Hall–Kier alpha value is -1.07. The van der Waals surface area contributed by atoms with Gasteiger partial charge >= 0.3 is 6.18 Å². The zero-order valence-electron chi connectivity index (χ0n) is 11.4. The second-order valence-corrected chi connectivity index (χ2v) is 4.85. The molecule has 5 heteroatoms. The molecule has 1 N–H and O–H groups in total. The normalized spacial score (nSPS) is 13.8. The van der Waals surface area contributed by atoms with E-state index >= 15 is 0 Å². The summed E-state index contributed by atoms with van der Waals surface area (Å²) in [7, 11) is 0. The monoisotopic (exact) mass is 275 g/mol. The Bertz CT molecular complexity index is 373. The first-order valence-corrected chi connectivity index (χ1v) is 6.28. The Labute approximate surface area is 112 Å². The summed E-state index contributed by atoms with van der Waals surface area (Å²) in [5, 5.41) is 3.27. The highest BCUT2D eigenvalue weighted by Crippen LogP contribution is 2.23. The average Bonchev–Trinajstić information content (AvgIpc) is 2.33. The van der Waals surface area contributed by atoms with Gasteiger partial charge in [-0.3, -0.25) is 0 Å². The SMILES string of the molecule is CC(C)NCc1ccc(COC(C)C(F)(F)F)cc1. The van der Waals surface area contributed by atoms with Crippen molar-refractivity contribution >= 4 is 0 Å². The van der Waals surface area contributed by atoms with Gasteiger partial charge in [-0.1, -0.05) is 38.1 Å². The fraction of sp³-hybridized carbons (Fsp3) is 0.571. The molecule has 1 unspecified atom stereocenters. The van der Waals surface area contributed by atoms with Crippen molar-refractivity contribution in [3.8, 4) is 0 Å². The number of hydrogen-bond donors (Lipinski definition) is 1. The summed E-state index contributed by atoms with van der Waals surface area (Å²) in [6, 6.07) is 7.77. The van der Waals surface area contributed by atoms with Gasteiger partial charge in [-0.25, -0.2) is 0 Å². The second kappa shape index (κ2) is 6.91. The van der Waals surface area contributed by atoms with E-state index in [1.54, 1.807) is 12.1 Å². The second-order valence-electron chi connectivity index (χ2n) is 4.85. The van der Waals surface area contributed by atoms with Gasteiger partial charge in [0, 0.05) is 12.6 Å². The number of benzene rings is 1. The average molecular weight is 275 g/mol. The van der Waals surface area contributed by atoms with Gasteiger partial charge in [0.25, 0.3) is 0 Å². The Morgan fingerprint density at radius 3 is 2.05 bits per heavy atom. The van der Waals surface area contributed by atoms with Gasteiger partial charge in [0.1, 0.15) is 0 Å². The van der Waals surface area contributed by atoms with E-state index < -0.39 is 12.3 Å².